The summed E-state index contributed by atoms with van der Waals surface area (Å²) in [6.45, 7) is 2.15. The lowest BCUT2D eigenvalue weighted by Gasteiger charge is -2.33. The minimum atomic E-state index is -0.241. The highest BCUT2D eigenvalue weighted by atomic mass is 79.9. The predicted molar refractivity (Wildman–Crippen MR) is 111 cm³/mol. The number of nitrogens with zero attached hydrogens (tertiary/aromatic N) is 3. The van der Waals surface area contributed by atoms with Crippen molar-refractivity contribution < 1.29 is 9.59 Å². The van der Waals surface area contributed by atoms with Crippen LogP contribution in [-0.2, 0) is 9.59 Å². The molecule has 0 N–H and O–H groups in total. The van der Waals surface area contributed by atoms with Crippen molar-refractivity contribution in [2.75, 3.05) is 50.1 Å². The zero-order chi connectivity index (χ0) is 18.7. The second-order valence-corrected chi connectivity index (χ2v) is 9.33. The van der Waals surface area contributed by atoms with Gasteiger partial charge in [0, 0.05) is 42.0 Å². The Labute approximate surface area is 168 Å². The average molecular weight is 440 g/mol. The first-order valence-corrected chi connectivity index (χ1v) is 11.0. The van der Waals surface area contributed by atoms with Crippen molar-refractivity contribution in [3.63, 3.8) is 0 Å². The Morgan fingerprint density at radius 2 is 2.19 bits per heavy atom. The van der Waals surface area contributed by atoms with Crippen LogP contribution in [0.15, 0.2) is 28.7 Å². The van der Waals surface area contributed by atoms with Gasteiger partial charge < -0.3 is 14.7 Å². The Kier molecular flexibility index (Phi) is 6.64. The first-order chi connectivity index (χ1) is 12.5. The fourth-order valence-corrected chi connectivity index (χ4v) is 5.14. The number of hydrogen-bond donors (Lipinski definition) is 0. The lowest BCUT2D eigenvalue weighted by molar-refractivity contribution is -0.137. The maximum Gasteiger partial charge on any atom is 0.228 e. The van der Waals surface area contributed by atoms with Crippen molar-refractivity contribution >= 4 is 45.2 Å². The Balaban J connectivity index is 1.73. The Bertz CT molecular complexity index is 670. The van der Waals surface area contributed by atoms with E-state index in [9.17, 15) is 9.59 Å². The normalized spacial score (nSPS) is 24.2. The molecule has 142 valence electrons. The molecule has 26 heavy (non-hydrogen) atoms. The van der Waals surface area contributed by atoms with Crippen LogP contribution in [0.3, 0.4) is 0 Å². The molecule has 1 aromatic rings. The van der Waals surface area contributed by atoms with Crippen LogP contribution in [0.5, 0.6) is 0 Å². The molecule has 2 aliphatic heterocycles. The molecule has 2 unspecified atom stereocenters. The lowest BCUT2D eigenvalue weighted by Crippen LogP contribution is -2.49. The van der Waals surface area contributed by atoms with Gasteiger partial charge in [-0.3, -0.25) is 9.59 Å². The summed E-state index contributed by atoms with van der Waals surface area (Å²) in [5.74, 6) is 2.01. The van der Waals surface area contributed by atoms with Crippen LogP contribution in [0.25, 0.3) is 0 Å². The zero-order valence-electron chi connectivity index (χ0n) is 15.4. The maximum absolute atomic E-state index is 13.2. The molecule has 2 aliphatic rings. The largest absolute Gasteiger partial charge is 0.337 e. The summed E-state index contributed by atoms with van der Waals surface area (Å²) in [5, 5.41) is 0. The van der Waals surface area contributed by atoms with E-state index < -0.39 is 0 Å². The molecular weight excluding hydrogens is 414 g/mol. The van der Waals surface area contributed by atoms with E-state index in [0.717, 1.165) is 41.2 Å². The number of thioether (sulfide) groups is 1. The van der Waals surface area contributed by atoms with E-state index in [-0.39, 0.29) is 23.8 Å². The third-order valence-corrected chi connectivity index (χ3v) is 6.58. The van der Waals surface area contributed by atoms with Crippen molar-refractivity contribution in [2.45, 2.75) is 18.9 Å². The molecule has 2 fully saturated rings. The van der Waals surface area contributed by atoms with Gasteiger partial charge >= 0.3 is 0 Å². The Morgan fingerprint density at radius 3 is 2.92 bits per heavy atom. The van der Waals surface area contributed by atoms with Crippen molar-refractivity contribution in [3.05, 3.63) is 28.7 Å². The molecule has 2 atom stereocenters. The number of anilines is 1. The van der Waals surface area contributed by atoms with E-state index in [1.165, 1.54) is 0 Å². The summed E-state index contributed by atoms with van der Waals surface area (Å²) in [6, 6.07) is 7.93. The van der Waals surface area contributed by atoms with Gasteiger partial charge in [-0.05, 0) is 44.5 Å². The van der Waals surface area contributed by atoms with Gasteiger partial charge in [0.05, 0.1) is 12.0 Å². The van der Waals surface area contributed by atoms with Gasteiger partial charge in [0.25, 0.3) is 0 Å². The summed E-state index contributed by atoms with van der Waals surface area (Å²) in [7, 11) is 4.10. The quantitative estimate of drug-likeness (QED) is 0.723. The highest BCUT2D eigenvalue weighted by Gasteiger charge is 2.39. The van der Waals surface area contributed by atoms with Crippen molar-refractivity contribution in [1.29, 1.82) is 0 Å². The second kappa shape index (κ2) is 8.76. The van der Waals surface area contributed by atoms with Gasteiger partial charge in [0.2, 0.25) is 11.8 Å². The molecule has 5 nitrogen and oxygen atoms in total. The number of rotatable bonds is 4. The maximum atomic E-state index is 13.2. The summed E-state index contributed by atoms with van der Waals surface area (Å²) >= 11 is 5.38. The fourth-order valence-electron chi connectivity index (χ4n) is 3.69. The van der Waals surface area contributed by atoms with E-state index in [1.807, 2.05) is 55.0 Å². The standard InChI is InChI=1S/C19H26BrN3O2S/c1-21(2)12-17-13-26-8-4-7-22(17)19(25)14-9-18(24)23(11-14)16-6-3-5-15(20)10-16/h3,5-6,10,14,17H,4,7-9,11-13H2,1-2H3. The average Bonchev–Trinajstić information content (AvgIpc) is 2.83. The molecule has 0 saturated carbocycles. The Hall–Kier alpha value is -1.05. The number of hydrogen-bond acceptors (Lipinski definition) is 4. The molecule has 1 aromatic carbocycles. The highest BCUT2D eigenvalue weighted by Crippen LogP contribution is 2.29. The summed E-state index contributed by atoms with van der Waals surface area (Å²) in [5.41, 5.74) is 0.857. The number of benzene rings is 1. The molecule has 2 amide bonds. The molecule has 0 spiro atoms. The van der Waals surface area contributed by atoms with Gasteiger partial charge in [-0.15, -0.1) is 0 Å². The molecule has 0 bridgehead atoms. The van der Waals surface area contributed by atoms with E-state index in [2.05, 4.69) is 20.8 Å². The molecular formula is C19H26BrN3O2S. The highest BCUT2D eigenvalue weighted by molar-refractivity contribution is 9.10. The molecule has 2 saturated heterocycles. The number of carbonyl (C=O) groups is 2. The SMILES string of the molecule is CN(C)CC1CSCCCN1C(=O)C1CC(=O)N(c2cccc(Br)c2)C1. The van der Waals surface area contributed by atoms with E-state index in [4.69, 9.17) is 0 Å². The van der Waals surface area contributed by atoms with Crippen molar-refractivity contribution in [1.82, 2.24) is 9.80 Å². The van der Waals surface area contributed by atoms with Crippen LogP contribution in [0.2, 0.25) is 0 Å². The fraction of sp³-hybridized carbons (Fsp3) is 0.579. The van der Waals surface area contributed by atoms with Gasteiger partial charge in [-0.1, -0.05) is 22.0 Å². The summed E-state index contributed by atoms with van der Waals surface area (Å²) in [4.78, 5) is 31.7. The Morgan fingerprint density at radius 1 is 1.38 bits per heavy atom. The van der Waals surface area contributed by atoms with Crippen LogP contribution in [-0.4, -0.2) is 72.9 Å². The minimum Gasteiger partial charge on any atom is -0.337 e. The van der Waals surface area contributed by atoms with E-state index >= 15 is 0 Å². The predicted octanol–water partition coefficient (Wildman–Crippen LogP) is 2.70. The molecule has 0 radical (unpaired) electrons. The number of amides is 2. The smallest absolute Gasteiger partial charge is 0.228 e. The van der Waals surface area contributed by atoms with Crippen LogP contribution >= 0.6 is 27.7 Å². The van der Waals surface area contributed by atoms with Gasteiger partial charge in [0.15, 0.2) is 0 Å². The van der Waals surface area contributed by atoms with Crippen LogP contribution in [0, 0.1) is 5.92 Å². The number of likely N-dealkylation sites (N-methyl/N-ethyl adjacent to an activating group) is 1. The lowest BCUT2D eigenvalue weighted by atomic mass is 10.1. The molecule has 2 heterocycles. The van der Waals surface area contributed by atoms with E-state index in [1.54, 1.807) is 4.90 Å². The van der Waals surface area contributed by atoms with Gasteiger partial charge in [-0.2, -0.15) is 11.8 Å². The molecule has 0 aliphatic carbocycles. The molecule has 0 aromatic heterocycles. The first-order valence-electron chi connectivity index (χ1n) is 9.04. The van der Waals surface area contributed by atoms with Gasteiger partial charge in [-0.25, -0.2) is 0 Å². The number of halogens is 1. The van der Waals surface area contributed by atoms with Crippen molar-refractivity contribution in [3.8, 4) is 0 Å². The van der Waals surface area contributed by atoms with Gasteiger partial charge in [0.1, 0.15) is 0 Å². The van der Waals surface area contributed by atoms with Crippen LogP contribution in [0.1, 0.15) is 12.8 Å². The number of carbonyl (C=O) groups excluding carboxylic acids is 2. The van der Waals surface area contributed by atoms with Crippen molar-refractivity contribution in [2.24, 2.45) is 5.92 Å². The third kappa shape index (κ3) is 4.61. The first kappa shape index (κ1) is 19.7. The summed E-state index contributed by atoms with van der Waals surface area (Å²) < 4.78 is 0.938. The molecule has 7 heteroatoms. The molecule has 3 rings (SSSR count). The minimum absolute atomic E-state index is 0.0369. The summed E-state index contributed by atoms with van der Waals surface area (Å²) in [6.07, 6.45) is 1.33. The monoisotopic (exact) mass is 439 g/mol. The van der Waals surface area contributed by atoms with Crippen LogP contribution in [0.4, 0.5) is 5.69 Å². The zero-order valence-corrected chi connectivity index (χ0v) is 17.8. The van der Waals surface area contributed by atoms with E-state index in [0.29, 0.717) is 13.0 Å². The topological polar surface area (TPSA) is 43.9 Å². The van der Waals surface area contributed by atoms with Crippen LogP contribution < -0.4 is 4.90 Å². The third-order valence-electron chi connectivity index (χ3n) is 4.89. The second-order valence-electron chi connectivity index (χ2n) is 7.26.